The molecule has 2 aliphatic rings. The molecule has 1 aromatic heterocycles. The number of benzene rings is 2. The van der Waals surface area contributed by atoms with Gasteiger partial charge in [-0.2, -0.15) is 15.0 Å². The summed E-state index contributed by atoms with van der Waals surface area (Å²) in [6, 6.07) is 8.04. The Balaban J connectivity index is 1.54. The molecule has 0 spiro atoms. The van der Waals surface area contributed by atoms with E-state index in [1.54, 1.807) is 0 Å². The van der Waals surface area contributed by atoms with Crippen LogP contribution in [0.15, 0.2) is 51.1 Å². The van der Waals surface area contributed by atoms with Crippen LogP contribution >= 0.6 is 95.6 Å². The maximum Gasteiger partial charge on any atom is 0.330 e. The van der Waals surface area contributed by atoms with Crippen LogP contribution in [0.3, 0.4) is 0 Å². The van der Waals surface area contributed by atoms with Crippen molar-refractivity contribution in [3.63, 3.8) is 0 Å². The summed E-state index contributed by atoms with van der Waals surface area (Å²) < 4.78 is 17.5. The first-order chi connectivity index (χ1) is 22.7. The fourth-order valence-electron chi connectivity index (χ4n) is 6.79. The van der Waals surface area contributed by atoms with E-state index in [0.717, 1.165) is 71.9 Å². The number of unbranched alkanes of at least 4 members (excludes halogenated alkanes) is 1. The summed E-state index contributed by atoms with van der Waals surface area (Å²) in [7, 11) is 0. The number of nitrogens with zero attached hydrogens (tertiary/aromatic N) is 5. The standard InChI is InChI=1S/C34H41Br6N5O3/c1-6-7-13-44(22-18-33(2,3)45(34(4,5)19-22)48-23-11-9-8-10-12-23)30-41-31(46-28-24(37)14-20(35)15-25(28)38)43-32(42-30)47-29-26(39)16-21(36)17-27(29)40/h14-17,22-23H,6-13,18-19H2,1-5H3. The molecule has 1 aliphatic heterocycles. The molecule has 1 saturated carbocycles. The first-order valence-corrected chi connectivity index (χ1v) is 21.1. The van der Waals surface area contributed by atoms with Gasteiger partial charge in [-0.1, -0.05) is 64.5 Å². The van der Waals surface area contributed by atoms with Crippen molar-refractivity contribution in [2.24, 2.45) is 0 Å². The fraction of sp³-hybridized carbons (Fsp3) is 0.559. The summed E-state index contributed by atoms with van der Waals surface area (Å²) in [4.78, 5) is 23.7. The van der Waals surface area contributed by atoms with Gasteiger partial charge in [0.15, 0.2) is 11.5 Å². The fourth-order valence-corrected chi connectivity index (χ4v) is 11.6. The number of anilines is 1. The van der Waals surface area contributed by atoms with Crippen LogP contribution in [0.25, 0.3) is 0 Å². The number of piperidine rings is 1. The average Bonchev–Trinajstić information content (AvgIpc) is 2.99. The molecule has 262 valence electrons. The lowest BCUT2D eigenvalue weighted by Gasteiger charge is -2.56. The Kier molecular flexibility index (Phi) is 13.4. The van der Waals surface area contributed by atoms with Crippen molar-refractivity contribution in [2.75, 3.05) is 11.4 Å². The molecule has 0 radical (unpaired) electrons. The molecule has 2 heterocycles. The number of hydrogen-bond donors (Lipinski definition) is 0. The average molecular weight is 1050 g/mol. The van der Waals surface area contributed by atoms with Crippen LogP contribution in [0, 0.1) is 0 Å². The molecule has 8 nitrogen and oxygen atoms in total. The summed E-state index contributed by atoms with van der Waals surface area (Å²) >= 11 is 21.6. The van der Waals surface area contributed by atoms with Crippen molar-refractivity contribution in [3.8, 4) is 23.5 Å². The molecule has 3 aromatic rings. The number of halogens is 6. The van der Waals surface area contributed by atoms with E-state index < -0.39 is 0 Å². The maximum atomic E-state index is 6.82. The first kappa shape index (κ1) is 38.9. The van der Waals surface area contributed by atoms with Crippen molar-refractivity contribution in [3.05, 3.63) is 51.1 Å². The van der Waals surface area contributed by atoms with Crippen molar-refractivity contribution in [1.29, 1.82) is 0 Å². The molecule has 0 atom stereocenters. The molecule has 1 saturated heterocycles. The molecule has 5 rings (SSSR count). The molecule has 0 unspecified atom stereocenters. The molecular formula is C34H41Br6N5O3. The minimum Gasteiger partial charge on any atom is -0.422 e. The van der Waals surface area contributed by atoms with Gasteiger partial charge in [0.2, 0.25) is 5.95 Å². The quantitative estimate of drug-likeness (QED) is 0.188. The van der Waals surface area contributed by atoms with E-state index >= 15 is 0 Å². The van der Waals surface area contributed by atoms with Gasteiger partial charge in [0.05, 0.1) is 24.0 Å². The SMILES string of the molecule is CCCCN(c1nc(Oc2c(Br)cc(Br)cc2Br)nc(Oc2c(Br)cc(Br)cc2Br)n1)C1CC(C)(C)N(OC2CCCCC2)C(C)(C)C1. The number of ether oxygens (including phenoxy) is 2. The van der Waals surface area contributed by atoms with Crippen molar-refractivity contribution in [2.45, 2.75) is 116 Å². The lowest BCUT2D eigenvalue weighted by molar-refractivity contribution is -0.310. The van der Waals surface area contributed by atoms with E-state index in [-0.39, 0.29) is 35.2 Å². The Labute approximate surface area is 334 Å². The lowest BCUT2D eigenvalue weighted by atomic mass is 9.78. The Morgan fingerprint density at radius 2 is 1.19 bits per heavy atom. The highest BCUT2D eigenvalue weighted by molar-refractivity contribution is 9.12. The van der Waals surface area contributed by atoms with Crippen molar-refractivity contribution in [1.82, 2.24) is 20.0 Å². The molecule has 2 fully saturated rings. The van der Waals surface area contributed by atoms with Crippen molar-refractivity contribution < 1.29 is 14.3 Å². The van der Waals surface area contributed by atoms with Gasteiger partial charge in [0, 0.05) is 32.6 Å². The van der Waals surface area contributed by atoms with Gasteiger partial charge in [-0.3, -0.25) is 4.84 Å². The summed E-state index contributed by atoms with van der Waals surface area (Å²) in [6.45, 7) is 12.2. The normalized spacial score (nSPS) is 18.6. The van der Waals surface area contributed by atoms with E-state index in [2.05, 4.69) is 145 Å². The van der Waals surface area contributed by atoms with Crippen LogP contribution in [0.5, 0.6) is 23.5 Å². The predicted octanol–water partition coefficient (Wildman–Crippen LogP) is 12.9. The third-order valence-electron chi connectivity index (χ3n) is 8.72. The molecule has 14 heteroatoms. The third-order valence-corrected chi connectivity index (χ3v) is 12.0. The smallest absolute Gasteiger partial charge is 0.330 e. The Morgan fingerprint density at radius 3 is 1.62 bits per heavy atom. The van der Waals surface area contributed by atoms with Crippen molar-refractivity contribution >= 4 is 102 Å². The summed E-state index contributed by atoms with van der Waals surface area (Å²) in [5.74, 6) is 1.60. The molecular weight excluding hydrogens is 1010 g/mol. The van der Waals surface area contributed by atoms with Gasteiger partial charge in [-0.15, -0.1) is 4.98 Å². The van der Waals surface area contributed by atoms with Crippen LogP contribution in [0.4, 0.5) is 5.95 Å². The summed E-state index contributed by atoms with van der Waals surface area (Å²) in [5, 5.41) is 2.30. The number of hydroxylamine groups is 2. The van der Waals surface area contributed by atoms with E-state index in [0.29, 0.717) is 17.4 Å². The summed E-state index contributed by atoms with van der Waals surface area (Å²) in [5.41, 5.74) is -0.444. The molecule has 0 bridgehead atoms. The zero-order valence-electron chi connectivity index (χ0n) is 27.8. The molecule has 48 heavy (non-hydrogen) atoms. The van der Waals surface area contributed by atoms with Gasteiger partial charge in [-0.25, -0.2) is 0 Å². The highest BCUT2D eigenvalue weighted by Gasteiger charge is 2.49. The minimum atomic E-state index is -0.222. The molecule has 0 N–H and O–H groups in total. The first-order valence-electron chi connectivity index (χ1n) is 16.3. The van der Waals surface area contributed by atoms with Gasteiger partial charge in [0.25, 0.3) is 0 Å². The van der Waals surface area contributed by atoms with Crippen LogP contribution in [-0.4, -0.2) is 49.8 Å². The summed E-state index contributed by atoms with van der Waals surface area (Å²) in [6.07, 6.45) is 10.1. The Morgan fingerprint density at radius 1 is 0.729 bits per heavy atom. The van der Waals surface area contributed by atoms with Crippen LogP contribution < -0.4 is 14.4 Å². The zero-order valence-corrected chi connectivity index (χ0v) is 37.3. The maximum absolute atomic E-state index is 6.82. The second-order valence-corrected chi connectivity index (χ2v) is 18.9. The predicted molar refractivity (Wildman–Crippen MR) is 212 cm³/mol. The lowest BCUT2D eigenvalue weighted by Crippen LogP contribution is -2.65. The number of aromatic nitrogens is 3. The van der Waals surface area contributed by atoms with E-state index in [1.165, 1.54) is 19.3 Å². The Hall–Kier alpha value is -0.350. The van der Waals surface area contributed by atoms with Gasteiger partial charge < -0.3 is 14.4 Å². The topological polar surface area (TPSA) is 72.8 Å². The van der Waals surface area contributed by atoms with Gasteiger partial charge in [0.1, 0.15) is 0 Å². The Bertz CT molecular complexity index is 1460. The largest absolute Gasteiger partial charge is 0.422 e. The van der Waals surface area contributed by atoms with Crippen LogP contribution in [0.2, 0.25) is 0 Å². The van der Waals surface area contributed by atoms with E-state index in [1.807, 2.05) is 24.3 Å². The van der Waals surface area contributed by atoms with E-state index in [4.69, 9.17) is 24.3 Å². The monoisotopic (exact) mass is 1040 g/mol. The second kappa shape index (κ2) is 16.5. The van der Waals surface area contributed by atoms with Crippen LogP contribution in [-0.2, 0) is 4.84 Å². The zero-order chi connectivity index (χ0) is 34.8. The number of hydrogen-bond acceptors (Lipinski definition) is 8. The highest BCUT2D eigenvalue weighted by atomic mass is 79.9. The molecule has 2 aromatic carbocycles. The molecule has 0 amide bonds. The van der Waals surface area contributed by atoms with E-state index in [9.17, 15) is 0 Å². The van der Waals surface area contributed by atoms with Gasteiger partial charge in [-0.05, 0) is 148 Å². The second-order valence-electron chi connectivity index (χ2n) is 13.7. The minimum absolute atomic E-state index is 0.126. The third kappa shape index (κ3) is 9.54. The van der Waals surface area contributed by atoms with Crippen LogP contribution in [0.1, 0.15) is 92.4 Å². The van der Waals surface area contributed by atoms with Gasteiger partial charge >= 0.3 is 12.0 Å². The molecule has 1 aliphatic carbocycles. The highest BCUT2D eigenvalue weighted by Crippen LogP contribution is 2.44. The number of rotatable bonds is 11.